The number of carbonyl (C=O) groups is 1. The predicted octanol–water partition coefficient (Wildman–Crippen LogP) is 2.24. The van der Waals surface area contributed by atoms with Gasteiger partial charge in [0.05, 0.1) is 24.6 Å². The van der Waals surface area contributed by atoms with E-state index in [0.717, 1.165) is 16.9 Å². The quantitative estimate of drug-likeness (QED) is 0.486. The third-order valence-corrected chi connectivity index (χ3v) is 5.22. The van der Waals surface area contributed by atoms with Crippen molar-refractivity contribution in [2.45, 2.75) is 20.4 Å². The van der Waals surface area contributed by atoms with Crippen LogP contribution in [0.1, 0.15) is 28.4 Å². The molecule has 8 heteroatoms. The molecule has 3 heterocycles. The van der Waals surface area contributed by atoms with E-state index < -0.39 is 5.91 Å². The van der Waals surface area contributed by atoms with Crippen LogP contribution in [0.4, 0.5) is 0 Å². The van der Waals surface area contributed by atoms with Crippen LogP contribution in [0, 0.1) is 12.3 Å². The van der Waals surface area contributed by atoms with E-state index in [1.807, 2.05) is 37.3 Å². The van der Waals surface area contributed by atoms with E-state index in [2.05, 4.69) is 5.32 Å². The van der Waals surface area contributed by atoms with Gasteiger partial charge in [-0.25, -0.2) is 4.98 Å². The Morgan fingerprint density at radius 3 is 2.61 bits per heavy atom. The van der Waals surface area contributed by atoms with Crippen molar-refractivity contribution in [3.05, 3.63) is 81.2 Å². The molecule has 0 unspecified atom stereocenters. The second-order valence-electron chi connectivity index (χ2n) is 7.24. The molecule has 2 N–H and O–H groups in total. The lowest BCUT2D eigenvalue weighted by atomic mass is 10.1. The van der Waals surface area contributed by atoms with Gasteiger partial charge in [0.1, 0.15) is 22.5 Å². The molecule has 0 atom stereocenters. The van der Waals surface area contributed by atoms with E-state index in [-0.39, 0.29) is 28.5 Å². The molecule has 0 fully saturated rings. The first kappa shape index (κ1) is 20.3. The molecule has 0 saturated heterocycles. The maximum Gasteiger partial charge on any atom is 0.267 e. The van der Waals surface area contributed by atoms with Gasteiger partial charge in [-0.3, -0.25) is 19.4 Å². The molecule has 158 valence electrons. The molecule has 0 bridgehead atoms. The summed E-state index contributed by atoms with van der Waals surface area (Å²) in [6.45, 7) is 4.39. The number of fused-ring (bicyclic) bond motifs is 2. The number of hydrogen-bond donors (Lipinski definition) is 2. The fourth-order valence-corrected chi connectivity index (χ4v) is 3.59. The second kappa shape index (κ2) is 8.06. The summed E-state index contributed by atoms with van der Waals surface area (Å²) in [6.07, 6.45) is 1.66. The summed E-state index contributed by atoms with van der Waals surface area (Å²) in [6, 6.07) is 12.6. The number of hydrogen-bond acceptors (Lipinski definition) is 5. The second-order valence-corrected chi connectivity index (χ2v) is 7.24. The minimum Gasteiger partial charge on any atom is -0.497 e. The first-order chi connectivity index (χ1) is 14.9. The van der Waals surface area contributed by atoms with E-state index in [0.29, 0.717) is 17.8 Å². The number of carbonyl (C=O) groups excluding carboxylic acids is 1. The third-order valence-electron chi connectivity index (χ3n) is 5.22. The van der Waals surface area contributed by atoms with E-state index in [4.69, 9.17) is 15.1 Å². The normalized spacial score (nSPS) is 11.1. The van der Waals surface area contributed by atoms with Gasteiger partial charge in [-0.1, -0.05) is 18.2 Å². The first-order valence-corrected chi connectivity index (χ1v) is 9.95. The van der Waals surface area contributed by atoms with Crippen molar-refractivity contribution in [2.75, 3.05) is 13.7 Å². The third kappa shape index (κ3) is 3.56. The smallest absolute Gasteiger partial charge is 0.267 e. The SMILES string of the molecule is CCNC(=O)c1cc2c(=O)n3cccc(C)c3nc2n(Cc2ccc(OC)cc2)c1=N. The Hall–Kier alpha value is -3.94. The molecule has 1 aromatic carbocycles. The number of ether oxygens (including phenoxy) is 1. The van der Waals surface area contributed by atoms with Gasteiger partial charge in [0.15, 0.2) is 0 Å². The lowest BCUT2D eigenvalue weighted by Gasteiger charge is -2.15. The zero-order valence-corrected chi connectivity index (χ0v) is 17.6. The van der Waals surface area contributed by atoms with Gasteiger partial charge in [-0.05, 0) is 49.2 Å². The molecule has 3 aromatic heterocycles. The minimum absolute atomic E-state index is 0.000831. The fraction of sp³-hybridized carbons (Fsp3) is 0.217. The van der Waals surface area contributed by atoms with Crippen LogP contribution in [-0.4, -0.2) is 33.5 Å². The van der Waals surface area contributed by atoms with Crippen molar-refractivity contribution < 1.29 is 9.53 Å². The molecular formula is C23H23N5O3. The average Bonchev–Trinajstić information content (AvgIpc) is 2.77. The number of aryl methyl sites for hydroxylation is 1. The van der Waals surface area contributed by atoms with Crippen LogP contribution in [-0.2, 0) is 6.54 Å². The molecule has 0 radical (unpaired) electrons. The van der Waals surface area contributed by atoms with Crippen molar-refractivity contribution in [1.82, 2.24) is 19.3 Å². The van der Waals surface area contributed by atoms with Crippen molar-refractivity contribution in [3.63, 3.8) is 0 Å². The average molecular weight is 417 g/mol. The molecule has 0 saturated carbocycles. The standard InChI is InChI=1S/C23H23N5O3/c1-4-25-22(29)17-12-18-21(26-20-14(2)6-5-11-27(20)23(18)30)28(19(17)24)13-15-7-9-16(31-3)10-8-15/h5-12,24H,4,13H2,1-3H3,(H,25,29). The topological polar surface area (TPSA) is 101 Å². The zero-order chi connectivity index (χ0) is 22.1. The first-order valence-electron chi connectivity index (χ1n) is 9.95. The number of methoxy groups -OCH3 is 1. The maximum atomic E-state index is 13.3. The molecule has 0 aliphatic rings. The number of amides is 1. The Morgan fingerprint density at radius 1 is 1.19 bits per heavy atom. The number of pyridine rings is 2. The number of nitrogens with one attached hydrogen (secondary N) is 2. The summed E-state index contributed by atoms with van der Waals surface area (Å²) >= 11 is 0. The lowest BCUT2D eigenvalue weighted by molar-refractivity contribution is 0.0953. The van der Waals surface area contributed by atoms with Gasteiger partial charge in [-0.2, -0.15) is 0 Å². The Labute approximate surface area is 178 Å². The van der Waals surface area contributed by atoms with E-state index in [1.54, 1.807) is 30.9 Å². The molecule has 1 amide bonds. The van der Waals surface area contributed by atoms with Crippen LogP contribution in [0.25, 0.3) is 16.7 Å². The Morgan fingerprint density at radius 2 is 1.94 bits per heavy atom. The van der Waals surface area contributed by atoms with Crippen molar-refractivity contribution in [1.29, 1.82) is 5.41 Å². The Kier molecular flexibility index (Phi) is 5.29. The van der Waals surface area contributed by atoms with Crippen LogP contribution in [0.5, 0.6) is 5.75 Å². The van der Waals surface area contributed by atoms with Crippen LogP contribution >= 0.6 is 0 Å². The van der Waals surface area contributed by atoms with Crippen molar-refractivity contribution in [3.8, 4) is 5.75 Å². The van der Waals surface area contributed by atoms with Gasteiger partial charge in [-0.15, -0.1) is 0 Å². The molecule has 0 aliphatic heterocycles. The highest BCUT2D eigenvalue weighted by atomic mass is 16.5. The van der Waals surface area contributed by atoms with Gasteiger partial charge in [0.25, 0.3) is 11.5 Å². The maximum absolute atomic E-state index is 13.3. The van der Waals surface area contributed by atoms with Crippen molar-refractivity contribution >= 4 is 22.6 Å². The molecular weight excluding hydrogens is 394 g/mol. The highest BCUT2D eigenvalue weighted by molar-refractivity contribution is 5.96. The van der Waals surface area contributed by atoms with Crippen LogP contribution in [0.2, 0.25) is 0 Å². The van der Waals surface area contributed by atoms with Crippen molar-refractivity contribution in [2.24, 2.45) is 0 Å². The lowest BCUT2D eigenvalue weighted by Crippen LogP contribution is -2.35. The fourth-order valence-electron chi connectivity index (χ4n) is 3.59. The van der Waals surface area contributed by atoms with E-state index in [1.165, 1.54) is 10.5 Å². The summed E-state index contributed by atoms with van der Waals surface area (Å²) < 4.78 is 8.29. The van der Waals surface area contributed by atoms with Gasteiger partial charge < -0.3 is 14.6 Å². The zero-order valence-electron chi connectivity index (χ0n) is 17.6. The molecule has 0 aliphatic carbocycles. The van der Waals surface area contributed by atoms with Crippen LogP contribution in [0.15, 0.2) is 53.5 Å². The van der Waals surface area contributed by atoms with E-state index in [9.17, 15) is 9.59 Å². The molecule has 4 aromatic rings. The van der Waals surface area contributed by atoms with Gasteiger partial charge in [0.2, 0.25) is 0 Å². The largest absolute Gasteiger partial charge is 0.497 e. The van der Waals surface area contributed by atoms with Crippen LogP contribution < -0.4 is 21.1 Å². The summed E-state index contributed by atoms with van der Waals surface area (Å²) in [4.78, 5) is 30.6. The van der Waals surface area contributed by atoms with Gasteiger partial charge in [0, 0.05) is 12.7 Å². The number of nitrogens with zero attached hydrogens (tertiary/aromatic N) is 3. The van der Waals surface area contributed by atoms with E-state index >= 15 is 0 Å². The number of rotatable bonds is 5. The molecule has 4 rings (SSSR count). The highest BCUT2D eigenvalue weighted by Crippen LogP contribution is 2.16. The summed E-state index contributed by atoms with van der Waals surface area (Å²) in [5.41, 5.74) is 2.48. The number of aromatic nitrogens is 3. The van der Waals surface area contributed by atoms with Gasteiger partial charge >= 0.3 is 0 Å². The Balaban J connectivity index is 2.04. The molecule has 31 heavy (non-hydrogen) atoms. The highest BCUT2D eigenvalue weighted by Gasteiger charge is 2.18. The summed E-state index contributed by atoms with van der Waals surface area (Å²) in [5.74, 6) is 0.324. The Bertz CT molecular complexity index is 1420. The number of benzene rings is 1. The minimum atomic E-state index is -0.397. The summed E-state index contributed by atoms with van der Waals surface area (Å²) in [5, 5.41) is 11.7. The molecule has 8 nitrogen and oxygen atoms in total. The predicted molar refractivity (Wildman–Crippen MR) is 118 cm³/mol. The van der Waals surface area contributed by atoms with Crippen LogP contribution in [0.3, 0.4) is 0 Å². The molecule has 0 spiro atoms. The summed E-state index contributed by atoms with van der Waals surface area (Å²) in [7, 11) is 1.60. The monoisotopic (exact) mass is 417 g/mol.